The number of carbonyl (C=O) groups excluding carboxylic acids is 1. The van der Waals surface area contributed by atoms with Crippen LogP contribution in [-0.4, -0.2) is 47.9 Å². The quantitative estimate of drug-likeness (QED) is 0.817. The van der Waals surface area contributed by atoms with Crippen LogP contribution in [0.15, 0.2) is 10.6 Å². The van der Waals surface area contributed by atoms with Crippen LogP contribution in [0.25, 0.3) is 0 Å². The molecule has 0 bridgehead atoms. The number of nitrogens with zero attached hydrogens (tertiary/aromatic N) is 3. The van der Waals surface area contributed by atoms with Crippen molar-refractivity contribution >= 4 is 5.91 Å². The molecule has 0 unspecified atom stereocenters. The van der Waals surface area contributed by atoms with E-state index in [9.17, 15) is 4.79 Å². The lowest BCUT2D eigenvalue weighted by Gasteiger charge is -2.20. The van der Waals surface area contributed by atoms with Gasteiger partial charge in [0.1, 0.15) is 5.76 Å². The van der Waals surface area contributed by atoms with Crippen molar-refractivity contribution in [3.63, 3.8) is 0 Å². The van der Waals surface area contributed by atoms with Gasteiger partial charge in [-0.15, -0.1) is 0 Å². The van der Waals surface area contributed by atoms with Crippen molar-refractivity contribution in [3.8, 4) is 0 Å². The topological polar surface area (TPSA) is 49.6 Å². The van der Waals surface area contributed by atoms with Gasteiger partial charge in [-0.05, 0) is 6.54 Å². The van der Waals surface area contributed by atoms with Crippen molar-refractivity contribution in [3.05, 3.63) is 17.8 Å². The summed E-state index contributed by atoms with van der Waals surface area (Å²) in [6, 6.07) is 0. The van der Waals surface area contributed by atoms with Gasteiger partial charge in [0.15, 0.2) is 0 Å². The van der Waals surface area contributed by atoms with Gasteiger partial charge in [-0.2, -0.15) is 0 Å². The first-order chi connectivity index (χ1) is 8.74. The van der Waals surface area contributed by atoms with Crippen LogP contribution in [0.3, 0.4) is 0 Å². The Balaban J connectivity index is 2.66. The molecule has 0 atom stereocenters. The lowest BCUT2D eigenvalue weighted by Crippen LogP contribution is -2.36. The van der Waals surface area contributed by atoms with Crippen LogP contribution in [0.2, 0.25) is 0 Å². The molecule has 1 amide bonds. The zero-order valence-corrected chi connectivity index (χ0v) is 12.9. The van der Waals surface area contributed by atoms with Crippen molar-refractivity contribution in [2.45, 2.75) is 39.7 Å². The highest BCUT2D eigenvalue weighted by Crippen LogP contribution is 2.23. The van der Waals surface area contributed by atoms with E-state index >= 15 is 0 Å². The first-order valence-electron chi connectivity index (χ1n) is 6.61. The van der Waals surface area contributed by atoms with Crippen molar-refractivity contribution in [2.24, 2.45) is 0 Å². The van der Waals surface area contributed by atoms with E-state index in [2.05, 4.69) is 25.8 Å². The molecular weight excluding hydrogens is 242 g/mol. The van der Waals surface area contributed by atoms with Gasteiger partial charge in [0, 0.05) is 19.5 Å². The third kappa shape index (κ3) is 4.67. The number of carbonyl (C=O) groups is 1. The van der Waals surface area contributed by atoms with Crippen molar-refractivity contribution in [1.29, 1.82) is 0 Å². The maximum absolute atomic E-state index is 11.7. The molecule has 1 rings (SSSR count). The average molecular weight is 267 g/mol. The summed E-state index contributed by atoms with van der Waals surface area (Å²) in [6.07, 6.45) is 1.77. The van der Waals surface area contributed by atoms with Gasteiger partial charge in [-0.1, -0.05) is 27.7 Å². The standard InChI is InChI=1S/C14H25N3O2/c1-7-17(10-13(18)16(5)6)9-12-15-8-11(19-12)14(2,3)4/h8H,7,9-10H2,1-6H3. The molecule has 0 aliphatic carbocycles. The Morgan fingerprint density at radius 3 is 2.42 bits per heavy atom. The Kier molecular flexibility index (Phi) is 5.11. The van der Waals surface area contributed by atoms with Gasteiger partial charge >= 0.3 is 0 Å². The molecule has 0 spiro atoms. The Labute approximate surface area is 115 Å². The predicted octanol–water partition coefficient (Wildman–Crippen LogP) is 1.88. The van der Waals surface area contributed by atoms with Crippen molar-refractivity contribution in [1.82, 2.24) is 14.8 Å². The van der Waals surface area contributed by atoms with E-state index in [4.69, 9.17) is 4.42 Å². The third-order valence-corrected chi connectivity index (χ3v) is 2.96. The molecule has 0 fully saturated rings. The summed E-state index contributed by atoms with van der Waals surface area (Å²) >= 11 is 0. The highest BCUT2D eigenvalue weighted by atomic mass is 16.4. The first kappa shape index (κ1) is 15.7. The maximum atomic E-state index is 11.7. The van der Waals surface area contributed by atoms with Gasteiger partial charge in [-0.25, -0.2) is 4.98 Å². The van der Waals surface area contributed by atoms with E-state index in [0.717, 1.165) is 12.3 Å². The number of amides is 1. The van der Waals surface area contributed by atoms with E-state index in [-0.39, 0.29) is 11.3 Å². The summed E-state index contributed by atoms with van der Waals surface area (Å²) < 4.78 is 5.74. The number of likely N-dealkylation sites (N-methyl/N-ethyl adjacent to an activating group) is 2. The average Bonchev–Trinajstić information content (AvgIpc) is 2.76. The molecule has 0 aliphatic heterocycles. The van der Waals surface area contributed by atoms with Crippen LogP contribution >= 0.6 is 0 Å². The van der Waals surface area contributed by atoms with E-state index < -0.39 is 0 Å². The minimum atomic E-state index is -0.0399. The van der Waals surface area contributed by atoms with E-state index in [1.54, 1.807) is 25.2 Å². The fourth-order valence-electron chi connectivity index (χ4n) is 1.53. The Morgan fingerprint density at radius 2 is 2.00 bits per heavy atom. The maximum Gasteiger partial charge on any atom is 0.236 e. The van der Waals surface area contributed by atoms with Crippen LogP contribution in [0, 0.1) is 0 Å². The predicted molar refractivity (Wildman–Crippen MR) is 74.8 cm³/mol. The zero-order chi connectivity index (χ0) is 14.6. The van der Waals surface area contributed by atoms with Crippen LogP contribution in [0.4, 0.5) is 0 Å². The molecule has 0 radical (unpaired) electrons. The highest BCUT2D eigenvalue weighted by Gasteiger charge is 2.20. The van der Waals surface area contributed by atoms with Crippen LogP contribution in [-0.2, 0) is 16.8 Å². The summed E-state index contributed by atoms with van der Waals surface area (Å²) in [4.78, 5) is 19.6. The van der Waals surface area contributed by atoms with Gasteiger partial charge in [0.25, 0.3) is 0 Å². The van der Waals surface area contributed by atoms with Crippen LogP contribution in [0.1, 0.15) is 39.3 Å². The molecule has 19 heavy (non-hydrogen) atoms. The molecule has 1 aromatic heterocycles. The lowest BCUT2D eigenvalue weighted by atomic mass is 9.94. The Morgan fingerprint density at radius 1 is 1.37 bits per heavy atom. The number of hydrogen-bond donors (Lipinski definition) is 0. The highest BCUT2D eigenvalue weighted by molar-refractivity contribution is 5.77. The first-order valence-corrected chi connectivity index (χ1v) is 6.61. The fraction of sp³-hybridized carbons (Fsp3) is 0.714. The summed E-state index contributed by atoms with van der Waals surface area (Å²) in [5.74, 6) is 1.63. The molecule has 0 saturated carbocycles. The molecule has 5 heteroatoms. The smallest absolute Gasteiger partial charge is 0.236 e. The molecular formula is C14H25N3O2. The van der Waals surface area contributed by atoms with Crippen LogP contribution in [0.5, 0.6) is 0 Å². The largest absolute Gasteiger partial charge is 0.444 e. The van der Waals surface area contributed by atoms with Crippen molar-refractivity contribution in [2.75, 3.05) is 27.2 Å². The molecule has 0 saturated heterocycles. The number of oxazole rings is 1. The molecule has 0 aromatic carbocycles. The molecule has 5 nitrogen and oxygen atoms in total. The van der Waals surface area contributed by atoms with E-state index in [0.29, 0.717) is 19.0 Å². The molecule has 108 valence electrons. The molecule has 1 aromatic rings. The minimum absolute atomic E-state index is 0.0399. The lowest BCUT2D eigenvalue weighted by molar-refractivity contribution is -0.130. The number of hydrogen-bond acceptors (Lipinski definition) is 4. The SMILES string of the molecule is CCN(CC(=O)N(C)C)Cc1ncc(C(C)(C)C)o1. The second-order valence-corrected chi connectivity index (χ2v) is 5.96. The molecule has 1 heterocycles. The van der Waals surface area contributed by atoms with E-state index in [1.807, 2.05) is 11.8 Å². The van der Waals surface area contributed by atoms with Crippen LogP contribution < -0.4 is 0 Å². The summed E-state index contributed by atoms with van der Waals surface area (Å²) in [6.45, 7) is 10.0. The van der Waals surface area contributed by atoms with E-state index in [1.165, 1.54) is 0 Å². The second kappa shape index (κ2) is 6.19. The second-order valence-electron chi connectivity index (χ2n) is 5.96. The minimum Gasteiger partial charge on any atom is -0.444 e. The summed E-state index contributed by atoms with van der Waals surface area (Å²) in [5.41, 5.74) is -0.0399. The molecule has 0 aliphatic rings. The molecule has 0 N–H and O–H groups in total. The Bertz CT molecular complexity index is 419. The zero-order valence-electron chi connectivity index (χ0n) is 12.9. The summed E-state index contributed by atoms with van der Waals surface area (Å²) in [7, 11) is 3.53. The third-order valence-electron chi connectivity index (χ3n) is 2.96. The van der Waals surface area contributed by atoms with Gasteiger partial charge in [0.05, 0.1) is 19.3 Å². The summed E-state index contributed by atoms with van der Waals surface area (Å²) in [5, 5.41) is 0. The monoisotopic (exact) mass is 267 g/mol. The van der Waals surface area contributed by atoms with Gasteiger partial charge in [0.2, 0.25) is 11.8 Å². The fourth-order valence-corrected chi connectivity index (χ4v) is 1.53. The van der Waals surface area contributed by atoms with Crippen molar-refractivity contribution < 1.29 is 9.21 Å². The number of rotatable bonds is 5. The normalized spacial score (nSPS) is 11.9. The van der Waals surface area contributed by atoms with Gasteiger partial charge in [-0.3, -0.25) is 9.69 Å². The van der Waals surface area contributed by atoms with Gasteiger partial charge < -0.3 is 9.32 Å². The number of aromatic nitrogens is 1. The Hall–Kier alpha value is -1.36.